The highest BCUT2D eigenvalue weighted by molar-refractivity contribution is 5.89. The van der Waals surface area contributed by atoms with Gasteiger partial charge in [0.05, 0.1) is 24.7 Å². The normalized spacial score (nSPS) is 10.5. The predicted molar refractivity (Wildman–Crippen MR) is 88.6 cm³/mol. The average molecular weight is 317 g/mol. The lowest BCUT2D eigenvalue weighted by molar-refractivity contribution is 0.187. The monoisotopic (exact) mass is 317 g/mol. The maximum absolute atomic E-state index is 12.3. The van der Waals surface area contributed by atoms with Gasteiger partial charge in [-0.1, -0.05) is 19.8 Å². The molecule has 2 aromatic rings. The number of hydrogen-bond donors (Lipinski definition) is 2. The summed E-state index contributed by atoms with van der Waals surface area (Å²) >= 11 is 0. The van der Waals surface area contributed by atoms with E-state index in [2.05, 4.69) is 22.4 Å². The summed E-state index contributed by atoms with van der Waals surface area (Å²) in [5.41, 5.74) is 1.52. The molecule has 0 aliphatic rings. The summed E-state index contributed by atoms with van der Waals surface area (Å²) in [5, 5.41) is 20.1. The number of hydrogen-bond acceptors (Lipinski definition) is 4. The van der Waals surface area contributed by atoms with E-state index in [9.17, 15) is 4.79 Å². The molecule has 0 saturated heterocycles. The molecule has 0 atom stereocenters. The van der Waals surface area contributed by atoms with Crippen LogP contribution in [-0.4, -0.2) is 50.7 Å². The number of rotatable bonds is 8. The first-order valence-electron chi connectivity index (χ1n) is 7.88. The summed E-state index contributed by atoms with van der Waals surface area (Å²) < 4.78 is 0. The van der Waals surface area contributed by atoms with Crippen LogP contribution in [0.4, 0.5) is 10.5 Å². The molecule has 0 aliphatic heterocycles. The number of aromatic nitrogens is 3. The zero-order chi connectivity index (χ0) is 16.5. The fourth-order valence-electron chi connectivity index (χ4n) is 2.22. The van der Waals surface area contributed by atoms with Crippen molar-refractivity contribution in [1.82, 2.24) is 19.9 Å². The van der Waals surface area contributed by atoms with Crippen LogP contribution in [0.5, 0.6) is 0 Å². The molecule has 0 spiro atoms. The van der Waals surface area contributed by atoms with Gasteiger partial charge in [0.2, 0.25) is 0 Å². The van der Waals surface area contributed by atoms with Crippen molar-refractivity contribution in [2.75, 3.05) is 25.0 Å². The first kappa shape index (κ1) is 17.0. The number of anilines is 1. The van der Waals surface area contributed by atoms with Gasteiger partial charge in [-0.2, -0.15) is 15.0 Å². The van der Waals surface area contributed by atoms with Gasteiger partial charge < -0.3 is 15.3 Å². The van der Waals surface area contributed by atoms with Crippen LogP contribution in [0.25, 0.3) is 5.69 Å². The predicted octanol–water partition coefficient (Wildman–Crippen LogP) is 2.28. The molecule has 0 radical (unpaired) electrons. The molecule has 1 aromatic heterocycles. The van der Waals surface area contributed by atoms with Gasteiger partial charge in [0.15, 0.2) is 0 Å². The lowest BCUT2D eigenvalue weighted by atomic mass is 10.2. The van der Waals surface area contributed by atoms with Crippen molar-refractivity contribution in [2.24, 2.45) is 0 Å². The quantitative estimate of drug-likeness (QED) is 0.732. The molecule has 2 rings (SSSR count). The minimum absolute atomic E-state index is 0.0382. The second-order valence-corrected chi connectivity index (χ2v) is 5.21. The highest BCUT2D eigenvalue weighted by atomic mass is 16.3. The Morgan fingerprint density at radius 1 is 1.17 bits per heavy atom. The third-order valence-corrected chi connectivity index (χ3v) is 3.46. The minimum atomic E-state index is -0.194. The number of carbonyl (C=O) groups is 1. The molecule has 0 saturated carbocycles. The fourth-order valence-corrected chi connectivity index (χ4v) is 2.22. The first-order valence-corrected chi connectivity index (χ1v) is 7.88. The lowest BCUT2D eigenvalue weighted by Gasteiger charge is -2.22. The molecule has 1 heterocycles. The fraction of sp³-hybridized carbons (Fsp3) is 0.438. The molecule has 1 aromatic carbocycles. The van der Waals surface area contributed by atoms with Gasteiger partial charge >= 0.3 is 6.03 Å². The second-order valence-electron chi connectivity index (χ2n) is 5.21. The number of aliphatic hydroxyl groups is 1. The molecule has 0 aliphatic carbocycles. The van der Waals surface area contributed by atoms with E-state index in [1.165, 1.54) is 4.80 Å². The van der Waals surface area contributed by atoms with Gasteiger partial charge in [0.1, 0.15) is 0 Å². The summed E-state index contributed by atoms with van der Waals surface area (Å²) in [6, 6.07) is 7.09. The number of nitrogens with one attached hydrogen (secondary N) is 1. The highest BCUT2D eigenvalue weighted by Gasteiger charge is 2.12. The van der Waals surface area contributed by atoms with E-state index in [1.54, 1.807) is 29.4 Å². The summed E-state index contributed by atoms with van der Waals surface area (Å²) in [7, 11) is 0. The van der Waals surface area contributed by atoms with E-state index in [-0.39, 0.29) is 12.6 Å². The van der Waals surface area contributed by atoms with Gasteiger partial charge in [0.25, 0.3) is 0 Å². The van der Waals surface area contributed by atoms with Crippen molar-refractivity contribution in [2.45, 2.75) is 26.2 Å². The largest absolute Gasteiger partial charge is 0.395 e. The Balaban J connectivity index is 1.94. The number of amides is 2. The maximum atomic E-state index is 12.3. The zero-order valence-corrected chi connectivity index (χ0v) is 13.4. The van der Waals surface area contributed by atoms with Crippen LogP contribution >= 0.6 is 0 Å². The van der Waals surface area contributed by atoms with Crippen molar-refractivity contribution < 1.29 is 9.90 Å². The van der Waals surface area contributed by atoms with Crippen LogP contribution in [0.1, 0.15) is 26.2 Å². The topological polar surface area (TPSA) is 83.3 Å². The smallest absolute Gasteiger partial charge is 0.321 e. The van der Waals surface area contributed by atoms with Gasteiger partial charge in [-0.05, 0) is 30.7 Å². The van der Waals surface area contributed by atoms with Crippen LogP contribution in [0, 0.1) is 0 Å². The van der Waals surface area contributed by atoms with Crippen LogP contribution in [0.3, 0.4) is 0 Å². The minimum Gasteiger partial charge on any atom is -0.395 e. The summed E-state index contributed by atoms with van der Waals surface area (Å²) in [6.07, 6.45) is 6.32. The maximum Gasteiger partial charge on any atom is 0.321 e. The molecule has 7 nitrogen and oxygen atoms in total. The van der Waals surface area contributed by atoms with Crippen LogP contribution < -0.4 is 5.32 Å². The third-order valence-electron chi connectivity index (χ3n) is 3.46. The SMILES string of the molecule is CCCCCN(CCO)C(=O)Nc1ccc(-n2nccn2)cc1. The number of nitrogens with zero attached hydrogens (tertiary/aromatic N) is 4. The van der Waals surface area contributed by atoms with E-state index in [4.69, 9.17) is 5.11 Å². The molecular formula is C16H23N5O2. The Kier molecular flexibility index (Phi) is 6.56. The van der Waals surface area contributed by atoms with E-state index < -0.39 is 0 Å². The van der Waals surface area contributed by atoms with Gasteiger partial charge in [-0.15, -0.1) is 0 Å². The van der Waals surface area contributed by atoms with E-state index in [0.717, 1.165) is 24.9 Å². The molecule has 2 amide bonds. The van der Waals surface area contributed by atoms with E-state index in [1.807, 2.05) is 12.1 Å². The van der Waals surface area contributed by atoms with Gasteiger partial charge in [0, 0.05) is 18.8 Å². The standard InChI is InChI=1S/C16H23N5O2/c1-2-3-4-11-20(12-13-22)16(23)19-14-5-7-15(8-6-14)21-17-9-10-18-21/h5-10,22H,2-4,11-13H2,1H3,(H,19,23). The Bertz CT molecular complexity index is 583. The number of benzene rings is 1. The van der Waals surface area contributed by atoms with Crippen LogP contribution in [0.15, 0.2) is 36.7 Å². The van der Waals surface area contributed by atoms with Crippen molar-refractivity contribution in [3.05, 3.63) is 36.7 Å². The van der Waals surface area contributed by atoms with Crippen LogP contribution in [0.2, 0.25) is 0 Å². The molecule has 0 bridgehead atoms. The van der Waals surface area contributed by atoms with Crippen molar-refractivity contribution in [3.63, 3.8) is 0 Å². The summed E-state index contributed by atoms with van der Waals surface area (Å²) in [5.74, 6) is 0. The Labute approximate surface area is 135 Å². The Morgan fingerprint density at radius 3 is 2.48 bits per heavy atom. The van der Waals surface area contributed by atoms with Crippen LogP contribution in [-0.2, 0) is 0 Å². The van der Waals surface area contributed by atoms with E-state index in [0.29, 0.717) is 18.8 Å². The Morgan fingerprint density at radius 2 is 1.87 bits per heavy atom. The molecule has 0 unspecified atom stereocenters. The second kappa shape index (κ2) is 8.89. The number of unbranched alkanes of at least 4 members (excludes halogenated alkanes) is 2. The zero-order valence-electron chi connectivity index (χ0n) is 13.4. The van der Waals surface area contributed by atoms with Gasteiger partial charge in [-0.25, -0.2) is 4.79 Å². The summed E-state index contributed by atoms with van der Waals surface area (Å²) in [6.45, 7) is 3.07. The molecule has 2 N–H and O–H groups in total. The highest BCUT2D eigenvalue weighted by Crippen LogP contribution is 2.12. The van der Waals surface area contributed by atoms with Crippen molar-refractivity contribution >= 4 is 11.7 Å². The number of aliphatic hydroxyl groups excluding tert-OH is 1. The number of urea groups is 1. The number of carbonyl (C=O) groups excluding carboxylic acids is 1. The van der Waals surface area contributed by atoms with Crippen molar-refractivity contribution in [3.8, 4) is 5.69 Å². The molecular weight excluding hydrogens is 294 g/mol. The lowest BCUT2D eigenvalue weighted by Crippen LogP contribution is -2.37. The Hall–Kier alpha value is -2.41. The van der Waals surface area contributed by atoms with Crippen molar-refractivity contribution in [1.29, 1.82) is 0 Å². The van der Waals surface area contributed by atoms with Gasteiger partial charge in [-0.3, -0.25) is 0 Å². The third kappa shape index (κ3) is 5.07. The average Bonchev–Trinajstić information content (AvgIpc) is 3.09. The molecule has 0 fully saturated rings. The van der Waals surface area contributed by atoms with E-state index >= 15 is 0 Å². The summed E-state index contributed by atoms with van der Waals surface area (Å²) in [4.78, 5) is 15.4. The molecule has 7 heteroatoms. The molecule has 124 valence electrons. The molecule has 23 heavy (non-hydrogen) atoms. The first-order chi connectivity index (χ1) is 11.2.